The van der Waals surface area contributed by atoms with E-state index in [2.05, 4.69) is 27.7 Å². The van der Waals surface area contributed by atoms with Crippen molar-refractivity contribution in [3.8, 4) is 0 Å². The fourth-order valence-electron chi connectivity index (χ4n) is 13.4. The molecule has 5 aliphatic carbocycles. The standard InChI is InChI=1S/C42H62O17/c1-37-11-12-38(2,36(54)55)16-19(37)18-15-20(44)31-39(3)9-8-22(40(4,17-43)21(39)7-10-42(31,6)41(18,5)14-13-37)56-35-30(26(48)25(47)29(58-35)33(52)53)59-34-27(49)23(45)24(46)28(57-34)32(50)51/h15,19,21-31,34-35,43,45-49H,7-14,16-17H2,1-6H3,(H,50,51)(H,52,53)(H,54,55)/t19-,21+,22-,23-,24-,25-,26-,27+,28-,29-,30?,31+,34?,35?,37+,38+,39-,40+,41+,42+/m0/s1. The van der Waals surface area contributed by atoms with Crippen LogP contribution in [0.15, 0.2) is 11.6 Å². The lowest BCUT2D eigenvalue weighted by atomic mass is 9.33. The van der Waals surface area contributed by atoms with Crippen molar-refractivity contribution in [2.75, 3.05) is 6.61 Å². The summed E-state index contributed by atoms with van der Waals surface area (Å²) in [7, 11) is 0. The van der Waals surface area contributed by atoms with Crippen LogP contribution in [0, 0.1) is 50.2 Å². The Morgan fingerprint density at radius 3 is 1.92 bits per heavy atom. The molecule has 7 rings (SSSR count). The fraction of sp³-hybridized carbons (Fsp3) is 0.857. The van der Waals surface area contributed by atoms with E-state index in [0.717, 1.165) is 24.8 Å². The molecule has 0 aromatic heterocycles. The van der Waals surface area contributed by atoms with E-state index in [1.165, 1.54) is 0 Å². The summed E-state index contributed by atoms with van der Waals surface area (Å²) in [4.78, 5) is 51.4. The second kappa shape index (κ2) is 14.8. The number of carbonyl (C=O) groups excluding carboxylic acids is 1. The monoisotopic (exact) mass is 838 g/mol. The number of ketones is 1. The first-order valence-corrected chi connectivity index (χ1v) is 20.9. The van der Waals surface area contributed by atoms with Gasteiger partial charge in [-0.3, -0.25) is 9.59 Å². The van der Waals surface area contributed by atoms with Gasteiger partial charge in [0.25, 0.3) is 0 Å². The molecule has 0 amide bonds. The number of aliphatic carboxylic acids is 3. The number of carboxylic acid groups (broad SMARTS) is 3. The van der Waals surface area contributed by atoms with Gasteiger partial charge in [0.15, 0.2) is 30.6 Å². The number of carbonyl (C=O) groups is 4. The molecule has 2 saturated heterocycles. The molecule has 3 unspecified atom stereocenters. The molecule has 0 aromatic carbocycles. The zero-order valence-electron chi connectivity index (χ0n) is 34.5. The first kappa shape index (κ1) is 44.5. The van der Waals surface area contributed by atoms with E-state index in [1.54, 1.807) is 0 Å². The fourth-order valence-corrected chi connectivity index (χ4v) is 13.4. The summed E-state index contributed by atoms with van der Waals surface area (Å²) in [6.45, 7) is 12.0. The Morgan fingerprint density at radius 1 is 0.729 bits per heavy atom. The van der Waals surface area contributed by atoms with E-state index in [1.807, 2.05) is 19.9 Å². The van der Waals surface area contributed by atoms with Gasteiger partial charge >= 0.3 is 17.9 Å². The molecular formula is C42H62O17. The maximum atomic E-state index is 14.9. The van der Waals surface area contributed by atoms with Crippen molar-refractivity contribution in [1.29, 1.82) is 0 Å². The van der Waals surface area contributed by atoms with Gasteiger partial charge in [0.2, 0.25) is 0 Å². The van der Waals surface area contributed by atoms with E-state index < -0.39 is 125 Å². The molecule has 0 radical (unpaired) electrons. The number of aliphatic hydroxyl groups is 6. The van der Waals surface area contributed by atoms with E-state index in [-0.39, 0.29) is 29.5 Å². The summed E-state index contributed by atoms with van der Waals surface area (Å²) in [5.74, 6) is -5.02. The lowest BCUT2D eigenvalue weighted by Gasteiger charge is -2.70. The van der Waals surface area contributed by atoms with Crippen molar-refractivity contribution < 1.29 is 84.1 Å². The molecular weight excluding hydrogens is 776 g/mol. The van der Waals surface area contributed by atoms with Crippen molar-refractivity contribution in [1.82, 2.24) is 0 Å². The molecule has 6 fully saturated rings. The Balaban J connectivity index is 1.19. The molecule has 7 aliphatic rings. The molecule has 4 saturated carbocycles. The Bertz CT molecular complexity index is 1750. The molecule has 0 spiro atoms. The summed E-state index contributed by atoms with van der Waals surface area (Å²) < 4.78 is 23.2. The largest absolute Gasteiger partial charge is 0.481 e. The number of carboxylic acids is 3. The van der Waals surface area contributed by atoms with E-state index in [9.17, 15) is 65.1 Å². The van der Waals surface area contributed by atoms with Gasteiger partial charge < -0.3 is 64.9 Å². The van der Waals surface area contributed by atoms with Gasteiger partial charge in [-0.05, 0) is 104 Å². The number of ether oxygens (including phenoxy) is 4. The first-order chi connectivity index (χ1) is 27.3. The van der Waals surface area contributed by atoms with Crippen LogP contribution >= 0.6 is 0 Å². The summed E-state index contributed by atoms with van der Waals surface area (Å²) in [6, 6.07) is 0. The highest BCUT2D eigenvalue weighted by Gasteiger charge is 2.71. The minimum Gasteiger partial charge on any atom is -0.481 e. The quantitative estimate of drug-likeness (QED) is 0.155. The molecule has 0 bridgehead atoms. The highest BCUT2D eigenvalue weighted by Crippen LogP contribution is 2.75. The molecule has 17 nitrogen and oxygen atoms in total. The second-order valence-electron chi connectivity index (χ2n) is 20.5. The molecule has 17 heteroatoms. The van der Waals surface area contributed by atoms with Crippen LogP contribution in [0.2, 0.25) is 0 Å². The highest BCUT2D eigenvalue weighted by atomic mass is 16.8. The summed E-state index contributed by atoms with van der Waals surface area (Å²) >= 11 is 0. The lowest BCUT2D eigenvalue weighted by molar-refractivity contribution is -0.372. The van der Waals surface area contributed by atoms with Gasteiger partial charge in [-0.25, -0.2) is 9.59 Å². The predicted molar refractivity (Wildman–Crippen MR) is 201 cm³/mol. The van der Waals surface area contributed by atoms with Crippen molar-refractivity contribution in [2.45, 2.75) is 167 Å². The third-order valence-electron chi connectivity index (χ3n) is 17.4. The van der Waals surface area contributed by atoms with Crippen LogP contribution in [0.1, 0.15) is 99.3 Å². The number of rotatable bonds is 8. The smallest absolute Gasteiger partial charge is 0.335 e. The van der Waals surface area contributed by atoms with E-state index in [4.69, 9.17) is 18.9 Å². The molecule has 9 N–H and O–H groups in total. The molecule has 0 aromatic rings. The van der Waals surface area contributed by atoms with Crippen molar-refractivity contribution in [2.24, 2.45) is 50.2 Å². The van der Waals surface area contributed by atoms with Crippen molar-refractivity contribution in [3.63, 3.8) is 0 Å². The van der Waals surface area contributed by atoms with Crippen LogP contribution in [-0.2, 0) is 38.1 Å². The van der Waals surface area contributed by atoms with Crippen molar-refractivity contribution in [3.05, 3.63) is 11.6 Å². The number of aliphatic hydroxyl groups excluding tert-OH is 6. The number of fused-ring (bicyclic) bond motifs is 7. The van der Waals surface area contributed by atoms with Gasteiger partial charge in [-0.15, -0.1) is 0 Å². The molecule has 20 atom stereocenters. The minimum atomic E-state index is -2.10. The third-order valence-corrected chi connectivity index (χ3v) is 17.4. The Hall–Kier alpha value is -2.58. The van der Waals surface area contributed by atoms with E-state index >= 15 is 0 Å². The van der Waals surface area contributed by atoms with E-state index in [0.29, 0.717) is 32.1 Å². The molecule has 332 valence electrons. The minimum absolute atomic E-state index is 0.0119. The Kier molecular flexibility index (Phi) is 11.1. The van der Waals surface area contributed by atoms with Crippen LogP contribution in [0.25, 0.3) is 0 Å². The zero-order valence-corrected chi connectivity index (χ0v) is 34.5. The van der Waals surface area contributed by atoms with Crippen LogP contribution in [0.4, 0.5) is 0 Å². The topological polar surface area (TPSA) is 287 Å². The average Bonchev–Trinajstić information content (AvgIpc) is 3.16. The molecule has 2 heterocycles. The number of allylic oxidation sites excluding steroid dienone is 2. The van der Waals surface area contributed by atoms with Crippen LogP contribution in [0.3, 0.4) is 0 Å². The van der Waals surface area contributed by atoms with Gasteiger partial charge in [0, 0.05) is 11.3 Å². The molecule has 2 aliphatic heterocycles. The maximum absolute atomic E-state index is 14.9. The Labute approximate surface area is 342 Å². The van der Waals surface area contributed by atoms with Gasteiger partial charge in [0.05, 0.1) is 18.1 Å². The number of hydrogen-bond donors (Lipinski definition) is 9. The van der Waals surface area contributed by atoms with Crippen LogP contribution in [0.5, 0.6) is 0 Å². The third kappa shape index (κ3) is 6.46. The van der Waals surface area contributed by atoms with Crippen LogP contribution in [-0.4, -0.2) is 144 Å². The van der Waals surface area contributed by atoms with Crippen molar-refractivity contribution >= 4 is 23.7 Å². The maximum Gasteiger partial charge on any atom is 0.335 e. The number of hydrogen-bond acceptors (Lipinski definition) is 14. The SMILES string of the molecule is C[C@@]1(C(=O)O)CC[C@]2(C)CC[C@]3(C)C(=CC(=O)[C@@H]4[C@@]5(C)CC[C@H](OC6O[C@H](C(=O)O)[C@@H](O)[C@H](O)C6OC6O[C@H](C(=O)O)[C@@H](O)[C@H](O)[C@H]6O)[C@](C)(CO)[C@@H]5CC[C@]43C)[C@@H]2C1. The lowest BCUT2D eigenvalue weighted by Crippen LogP contribution is -2.69. The average molecular weight is 839 g/mol. The van der Waals surface area contributed by atoms with Gasteiger partial charge in [-0.1, -0.05) is 40.2 Å². The van der Waals surface area contributed by atoms with Crippen LogP contribution < -0.4 is 0 Å². The summed E-state index contributed by atoms with van der Waals surface area (Å²) in [5.41, 5.74) is -2.63. The summed E-state index contributed by atoms with van der Waals surface area (Å²) in [6.07, 6.45) is -13.8. The first-order valence-electron chi connectivity index (χ1n) is 20.9. The zero-order chi connectivity index (χ0) is 43.6. The second-order valence-corrected chi connectivity index (χ2v) is 20.5. The predicted octanol–water partition coefficient (Wildman–Crippen LogP) is 1.22. The highest BCUT2D eigenvalue weighted by molar-refractivity contribution is 5.95. The normalized spacial score (nSPS) is 53.5. The van der Waals surface area contributed by atoms with Gasteiger partial charge in [-0.2, -0.15) is 0 Å². The van der Waals surface area contributed by atoms with Gasteiger partial charge in [0.1, 0.15) is 36.6 Å². The summed E-state index contributed by atoms with van der Waals surface area (Å²) in [5, 5.41) is 94.3. The Morgan fingerprint density at radius 2 is 1.32 bits per heavy atom. The molecule has 59 heavy (non-hydrogen) atoms.